The molecule has 10 nitrogen and oxygen atoms in total. The van der Waals surface area contributed by atoms with Crippen molar-refractivity contribution in [3.63, 3.8) is 0 Å². The number of rotatable bonds is 12. The molecule has 62 heavy (non-hydrogen) atoms. The average molecular weight is 916 g/mol. The van der Waals surface area contributed by atoms with Crippen LogP contribution < -0.4 is 10.6 Å². The van der Waals surface area contributed by atoms with Crippen molar-refractivity contribution in [2.24, 2.45) is 5.92 Å². The Kier molecular flexibility index (Phi) is 23.1. The molecule has 348 valence electrons. The fraction of sp³-hybridized carbons (Fsp3) is 0.595. The van der Waals surface area contributed by atoms with E-state index in [0.717, 1.165) is 57.2 Å². The Morgan fingerprint density at radius 2 is 1.32 bits per heavy atom. The Hall–Kier alpha value is -4.07. The molecule has 0 radical (unpaired) electrons. The summed E-state index contributed by atoms with van der Waals surface area (Å²) in [5.41, 5.74) is 3.47. The highest BCUT2D eigenvalue weighted by Crippen LogP contribution is 2.31. The van der Waals surface area contributed by atoms with Crippen molar-refractivity contribution in [2.45, 2.75) is 102 Å². The zero-order chi connectivity index (χ0) is 46.5. The van der Waals surface area contributed by atoms with Gasteiger partial charge >= 0.3 is 18.5 Å². The maximum Gasteiger partial charge on any atom is 0.446 e. The Bertz CT molecular complexity index is 1620. The molecule has 2 aromatic carbocycles. The van der Waals surface area contributed by atoms with E-state index >= 15 is 0 Å². The van der Waals surface area contributed by atoms with Crippen LogP contribution in [0.4, 0.5) is 39.5 Å². The summed E-state index contributed by atoms with van der Waals surface area (Å²) in [5, 5.41) is 7.33. The molecule has 0 spiro atoms. The molecule has 2 aliphatic heterocycles. The number of carbonyl (C=O) groups excluding carboxylic acids is 5. The minimum atomic E-state index is -4.64. The summed E-state index contributed by atoms with van der Waals surface area (Å²) < 4.78 is 93.8. The first-order valence-electron chi connectivity index (χ1n) is 20.3. The zero-order valence-corrected chi connectivity index (χ0v) is 35.4. The van der Waals surface area contributed by atoms with Crippen LogP contribution in [0.5, 0.6) is 0 Å². The number of carbonyl (C=O) groups is 5. The van der Waals surface area contributed by atoms with Crippen LogP contribution in [0.3, 0.4) is 0 Å². The minimum Gasteiger partial charge on any atom is -0.344 e. The predicted molar refractivity (Wildman–Crippen MR) is 215 cm³/mol. The van der Waals surface area contributed by atoms with Crippen LogP contribution in [0.2, 0.25) is 5.02 Å². The van der Waals surface area contributed by atoms with Gasteiger partial charge in [-0.3, -0.25) is 28.9 Å². The van der Waals surface area contributed by atoms with Gasteiger partial charge in [-0.1, -0.05) is 81.1 Å². The summed E-state index contributed by atoms with van der Waals surface area (Å²) in [4.78, 5) is 60.9. The molecule has 3 atom stereocenters. The van der Waals surface area contributed by atoms with Crippen molar-refractivity contribution in [2.75, 3.05) is 52.4 Å². The smallest absolute Gasteiger partial charge is 0.344 e. The van der Waals surface area contributed by atoms with E-state index < -0.39 is 43.4 Å². The summed E-state index contributed by atoms with van der Waals surface area (Å²) in [7, 11) is 0. The summed E-state index contributed by atoms with van der Waals surface area (Å²) >= 11 is 6.15. The Morgan fingerprint density at radius 1 is 0.806 bits per heavy atom. The third-order valence-electron chi connectivity index (χ3n) is 10.6. The standard InChI is InChI=1S/C36H52ClN5O2.3C2HF3O/c1-3-40(4-2)26-34(29-11-6-5-7-12-29)41-20-22-42(23-21-41)36(44)33(24-27-14-16-30(37)17-15-27)39-35(43)25-32-31-13-9-8-10-28(31)18-19-38-32;3*3-2(4,5)1-6/h8-10,13-17,29,32-34,38H,3-7,11-12,18-26H2,1-2H3,(H,39,43);3*1H/t32?,33-,34?;;;/m1.../s1. The number of hydrogen-bond acceptors (Lipinski definition) is 8. The van der Waals surface area contributed by atoms with Crippen LogP contribution in [0.1, 0.15) is 75.1 Å². The fourth-order valence-electron chi connectivity index (χ4n) is 7.59. The van der Waals surface area contributed by atoms with Crippen molar-refractivity contribution in [1.29, 1.82) is 0 Å². The summed E-state index contributed by atoms with van der Waals surface area (Å²) in [6.07, 6.45) is -8.70. The zero-order valence-electron chi connectivity index (χ0n) is 34.6. The third kappa shape index (κ3) is 20.9. The first-order chi connectivity index (χ1) is 29.1. The second-order valence-corrected chi connectivity index (χ2v) is 15.3. The fourth-order valence-corrected chi connectivity index (χ4v) is 7.72. The molecule has 1 saturated heterocycles. The first kappa shape index (κ1) is 54.1. The molecule has 2 amide bonds. The third-order valence-corrected chi connectivity index (χ3v) is 10.9. The minimum absolute atomic E-state index is 0.0166. The molecule has 2 heterocycles. The number of nitrogens with zero attached hydrogens (tertiary/aromatic N) is 3. The Balaban J connectivity index is 0.000000616. The molecule has 1 aliphatic carbocycles. The van der Waals surface area contributed by atoms with Gasteiger partial charge in [0.2, 0.25) is 30.7 Å². The molecule has 0 aromatic heterocycles. The highest BCUT2D eigenvalue weighted by atomic mass is 35.5. The van der Waals surface area contributed by atoms with Crippen molar-refractivity contribution >= 4 is 42.3 Å². The van der Waals surface area contributed by atoms with Crippen LogP contribution >= 0.6 is 11.6 Å². The monoisotopic (exact) mass is 915 g/mol. The van der Waals surface area contributed by atoms with Crippen LogP contribution in [0.15, 0.2) is 48.5 Å². The number of amides is 2. The van der Waals surface area contributed by atoms with Gasteiger partial charge in [-0.05, 0) is 73.6 Å². The maximum absolute atomic E-state index is 14.1. The van der Waals surface area contributed by atoms with Gasteiger partial charge in [0.05, 0.1) is 0 Å². The van der Waals surface area contributed by atoms with E-state index in [1.807, 2.05) is 35.2 Å². The largest absolute Gasteiger partial charge is 0.446 e. The van der Waals surface area contributed by atoms with Crippen molar-refractivity contribution < 1.29 is 63.5 Å². The summed E-state index contributed by atoms with van der Waals surface area (Å²) in [6.45, 7) is 11.8. The molecule has 1 saturated carbocycles. The van der Waals surface area contributed by atoms with E-state index in [1.165, 1.54) is 43.2 Å². The molecule has 0 bridgehead atoms. The second-order valence-electron chi connectivity index (χ2n) is 14.9. The van der Waals surface area contributed by atoms with Gasteiger partial charge in [-0.2, -0.15) is 39.5 Å². The number of hydrogen-bond donors (Lipinski definition) is 2. The quantitative estimate of drug-likeness (QED) is 0.168. The number of fused-ring (bicyclic) bond motifs is 1. The molecule has 2 unspecified atom stereocenters. The first-order valence-corrected chi connectivity index (χ1v) is 20.7. The number of benzene rings is 2. The molecular weight excluding hydrogens is 861 g/mol. The number of aldehydes is 3. The summed E-state index contributed by atoms with van der Waals surface area (Å²) in [5.74, 6) is 0.659. The number of nitrogens with one attached hydrogen (secondary N) is 2. The number of piperazine rings is 1. The van der Waals surface area contributed by atoms with Crippen molar-refractivity contribution in [3.05, 3.63) is 70.2 Å². The van der Waals surface area contributed by atoms with Crippen molar-refractivity contribution in [1.82, 2.24) is 25.3 Å². The maximum atomic E-state index is 14.1. The van der Waals surface area contributed by atoms with E-state index in [1.54, 1.807) is 0 Å². The topological polar surface area (TPSA) is 119 Å². The lowest BCUT2D eigenvalue weighted by Crippen LogP contribution is -2.59. The van der Waals surface area contributed by atoms with Gasteiger partial charge in [0, 0.05) is 62.7 Å². The van der Waals surface area contributed by atoms with Gasteiger partial charge in [0.1, 0.15) is 6.04 Å². The molecule has 2 aromatic rings. The van der Waals surface area contributed by atoms with Crippen molar-refractivity contribution in [3.8, 4) is 0 Å². The normalized spacial score (nSPS) is 18.2. The van der Waals surface area contributed by atoms with E-state index in [0.29, 0.717) is 37.0 Å². The molecule has 2 N–H and O–H groups in total. The number of halogens is 10. The lowest BCUT2D eigenvalue weighted by Gasteiger charge is -2.45. The predicted octanol–water partition coefficient (Wildman–Crippen LogP) is 7.32. The average Bonchev–Trinajstić information content (AvgIpc) is 3.25. The lowest BCUT2D eigenvalue weighted by atomic mass is 9.82. The molecule has 20 heteroatoms. The lowest BCUT2D eigenvalue weighted by molar-refractivity contribution is -0.156. The van der Waals surface area contributed by atoms with Crippen LogP contribution in [-0.4, -0.2) is 128 Å². The second kappa shape index (κ2) is 26.5. The van der Waals surface area contributed by atoms with Gasteiger partial charge in [0.25, 0.3) is 0 Å². The highest BCUT2D eigenvalue weighted by Gasteiger charge is 2.35. The van der Waals surface area contributed by atoms with Crippen LogP contribution in [-0.2, 0) is 36.8 Å². The van der Waals surface area contributed by atoms with E-state index in [-0.39, 0.29) is 17.9 Å². The molecule has 5 rings (SSSR count). The Morgan fingerprint density at radius 3 is 1.82 bits per heavy atom. The molecule has 3 aliphatic rings. The van der Waals surface area contributed by atoms with Gasteiger partial charge < -0.3 is 20.4 Å². The number of alkyl halides is 9. The SMILES string of the molecule is CCN(CC)CC(C1CCCCC1)N1CCN(C(=O)[C@@H](Cc2ccc(Cl)cc2)NC(=O)CC2NCCc3ccccc32)CC1.O=CC(F)(F)F.O=CC(F)(F)F.O=CC(F)(F)F. The van der Waals surface area contributed by atoms with Crippen LogP contribution in [0, 0.1) is 5.92 Å². The van der Waals surface area contributed by atoms with E-state index in [9.17, 15) is 49.1 Å². The Labute approximate surface area is 360 Å². The van der Waals surface area contributed by atoms with Gasteiger partial charge in [-0.25, -0.2) is 0 Å². The van der Waals surface area contributed by atoms with Gasteiger partial charge in [-0.15, -0.1) is 0 Å². The molecular formula is C42H55ClF9N5O5. The summed E-state index contributed by atoms with van der Waals surface area (Å²) in [6, 6.07) is 15.8. The van der Waals surface area contributed by atoms with Crippen LogP contribution in [0.25, 0.3) is 0 Å². The molecule has 2 fully saturated rings. The number of likely N-dealkylation sites (N-methyl/N-ethyl adjacent to an activating group) is 1. The van der Waals surface area contributed by atoms with E-state index in [4.69, 9.17) is 26.0 Å². The van der Waals surface area contributed by atoms with E-state index in [2.05, 4.69) is 52.5 Å². The highest BCUT2D eigenvalue weighted by molar-refractivity contribution is 6.30. The van der Waals surface area contributed by atoms with Gasteiger partial charge in [0.15, 0.2) is 0 Å².